The van der Waals surface area contributed by atoms with E-state index < -0.39 is 0 Å². The van der Waals surface area contributed by atoms with Gasteiger partial charge in [-0.25, -0.2) is 0 Å². The minimum atomic E-state index is -0.334. The van der Waals surface area contributed by atoms with E-state index in [2.05, 4.69) is 31.4 Å². The minimum Gasteiger partial charge on any atom is -0.311 e. The third kappa shape index (κ3) is 3.57. The molecule has 1 heterocycles. The molecule has 2 N–H and O–H groups in total. The van der Waals surface area contributed by atoms with Crippen LogP contribution in [0.3, 0.4) is 0 Å². The summed E-state index contributed by atoms with van der Waals surface area (Å²) in [5, 5.41) is 6.40. The second-order valence-electron chi connectivity index (χ2n) is 5.18. The number of rotatable bonds is 4. The molecule has 0 aromatic rings. The molecule has 0 bridgehead atoms. The number of nitrogens with one attached hydrogen (secondary N) is 2. The van der Waals surface area contributed by atoms with Crippen LogP contribution in [0.15, 0.2) is 0 Å². The fourth-order valence-corrected chi connectivity index (χ4v) is 1.60. The Balaban J connectivity index is 2.25. The van der Waals surface area contributed by atoms with Crippen molar-refractivity contribution in [3.8, 4) is 0 Å². The van der Waals surface area contributed by atoms with Crippen molar-refractivity contribution in [2.24, 2.45) is 0 Å². The summed E-state index contributed by atoms with van der Waals surface area (Å²) >= 11 is 0. The van der Waals surface area contributed by atoms with E-state index in [1.165, 1.54) is 11.9 Å². The van der Waals surface area contributed by atoms with Crippen LogP contribution in [-0.2, 0) is 9.59 Å². The Bertz CT molecular complexity index is 283. The Morgan fingerprint density at radius 2 is 1.94 bits per heavy atom. The number of nitrogens with zero attached hydrogens (tertiary/aromatic N) is 1. The van der Waals surface area contributed by atoms with E-state index in [0.29, 0.717) is 6.54 Å². The van der Waals surface area contributed by atoms with Crippen LogP contribution in [0, 0.1) is 0 Å². The molecule has 1 fully saturated rings. The highest BCUT2D eigenvalue weighted by Crippen LogP contribution is 2.09. The third-order valence-electron chi connectivity index (χ3n) is 2.55. The number of imide groups is 1. The van der Waals surface area contributed by atoms with Crippen molar-refractivity contribution in [3.63, 3.8) is 0 Å². The van der Waals surface area contributed by atoms with Crippen LogP contribution in [0.5, 0.6) is 0 Å². The van der Waals surface area contributed by atoms with Crippen LogP contribution in [0.2, 0.25) is 0 Å². The predicted molar refractivity (Wildman–Crippen MR) is 61.9 cm³/mol. The van der Waals surface area contributed by atoms with Gasteiger partial charge in [-0.1, -0.05) is 0 Å². The molecule has 16 heavy (non-hydrogen) atoms. The lowest BCUT2D eigenvalue weighted by Gasteiger charge is -2.21. The van der Waals surface area contributed by atoms with Crippen LogP contribution in [0.25, 0.3) is 0 Å². The highest BCUT2D eigenvalue weighted by molar-refractivity contribution is 6.05. The third-order valence-corrected chi connectivity index (χ3v) is 2.55. The number of likely N-dealkylation sites (N-methyl/N-ethyl adjacent to an activating group) is 1. The standard InChI is InChI=1S/C11H21N3O2/c1-11(2,3)13-6-5-12-8-7-9(15)14(4)10(8)16/h8,12-13H,5-7H2,1-4H3. The molecule has 0 aliphatic carbocycles. The van der Waals surface area contributed by atoms with Gasteiger partial charge in [-0.15, -0.1) is 0 Å². The van der Waals surface area contributed by atoms with E-state index in [1.807, 2.05) is 0 Å². The average Bonchev–Trinajstić information content (AvgIpc) is 2.40. The summed E-state index contributed by atoms with van der Waals surface area (Å²) in [6, 6.07) is -0.334. The topological polar surface area (TPSA) is 61.4 Å². The second-order valence-corrected chi connectivity index (χ2v) is 5.18. The van der Waals surface area contributed by atoms with E-state index in [9.17, 15) is 9.59 Å². The van der Waals surface area contributed by atoms with Crippen LogP contribution >= 0.6 is 0 Å². The van der Waals surface area contributed by atoms with Crippen molar-refractivity contribution in [2.45, 2.75) is 38.8 Å². The summed E-state index contributed by atoms with van der Waals surface area (Å²) in [5.74, 6) is -0.230. The first-order chi connectivity index (χ1) is 7.31. The molecule has 1 rings (SSSR count). The van der Waals surface area contributed by atoms with Crippen LogP contribution in [0.4, 0.5) is 0 Å². The van der Waals surface area contributed by atoms with Gasteiger partial charge in [-0.2, -0.15) is 0 Å². The molecule has 1 aliphatic heterocycles. The fraction of sp³-hybridized carbons (Fsp3) is 0.818. The van der Waals surface area contributed by atoms with Gasteiger partial charge in [0.1, 0.15) is 0 Å². The van der Waals surface area contributed by atoms with Crippen molar-refractivity contribution in [2.75, 3.05) is 20.1 Å². The van der Waals surface area contributed by atoms with Crippen molar-refractivity contribution in [1.82, 2.24) is 15.5 Å². The molecule has 92 valence electrons. The normalized spacial score (nSPS) is 22.0. The highest BCUT2D eigenvalue weighted by Gasteiger charge is 2.35. The molecule has 0 radical (unpaired) electrons. The van der Waals surface area contributed by atoms with Gasteiger partial charge < -0.3 is 10.6 Å². The molecule has 0 saturated carbocycles. The number of amides is 2. The van der Waals surface area contributed by atoms with Crippen molar-refractivity contribution in [3.05, 3.63) is 0 Å². The monoisotopic (exact) mass is 227 g/mol. The number of carbonyl (C=O) groups is 2. The number of hydrogen-bond donors (Lipinski definition) is 2. The van der Waals surface area contributed by atoms with Crippen molar-refractivity contribution >= 4 is 11.8 Å². The first-order valence-corrected chi connectivity index (χ1v) is 5.60. The number of hydrogen-bond acceptors (Lipinski definition) is 4. The van der Waals surface area contributed by atoms with Gasteiger partial charge in [0.25, 0.3) is 0 Å². The number of likely N-dealkylation sites (tertiary alicyclic amines) is 1. The van der Waals surface area contributed by atoms with E-state index in [4.69, 9.17) is 0 Å². The van der Waals surface area contributed by atoms with Crippen molar-refractivity contribution < 1.29 is 9.59 Å². The highest BCUT2D eigenvalue weighted by atomic mass is 16.2. The summed E-state index contributed by atoms with van der Waals surface area (Å²) in [4.78, 5) is 24.0. The fourth-order valence-electron chi connectivity index (χ4n) is 1.60. The van der Waals surface area contributed by atoms with E-state index >= 15 is 0 Å². The Kier molecular flexibility index (Phi) is 4.04. The van der Waals surface area contributed by atoms with Gasteiger partial charge >= 0.3 is 0 Å². The summed E-state index contributed by atoms with van der Waals surface area (Å²) in [6.45, 7) is 7.74. The van der Waals surface area contributed by atoms with Gasteiger partial charge in [0.2, 0.25) is 11.8 Å². The predicted octanol–water partition coefficient (Wildman–Crippen LogP) is -0.279. The SMILES string of the molecule is CN1C(=O)CC(NCCNC(C)(C)C)C1=O. The summed E-state index contributed by atoms with van der Waals surface area (Å²) < 4.78 is 0. The number of carbonyl (C=O) groups excluding carboxylic acids is 2. The second kappa shape index (κ2) is 4.93. The average molecular weight is 227 g/mol. The lowest BCUT2D eigenvalue weighted by molar-refractivity contribution is -0.137. The van der Waals surface area contributed by atoms with Crippen molar-refractivity contribution in [1.29, 1.82) is 0 Å². The Morgan fingerprint density at radius 3 is 2.38 bits per heavy atom. The molecule has 0 spiro atoms. The van der Waals surface area contributed by atoms with Gasteiger partial charge in [-0.3, -0.25) is 14.5 Å². The maximum atomic E-state index is 11.5. The molecule has 1 unspecified atom stereocenters. The summed E-state index contributed by atoms with van der Waals surface area (Å²) in [5.41, 5.74) is 0.0774. The molecule has 0 aromatic carbocycles. The maximum Gasteiger partial charge on any atom is 0.246 e. The zero-order valence-corrected chi connectivity index (χ0v) is 10.5. The van der Waals surface area contributed by atoms with E-state index in [-0.39, 0.29) is 29.8 Å². The Labute approximate surface area is 96.6 Å². The molecule has 0 aromatic heterocycles. The largest absolute Gasteiger partial charge is 0.311 e. The van der Waals surface area contributed by atoms with Gasteiger partial charge in [0.15, 0.2) is 0 Å². The maximum absolute atomic E-state index is 11.5. The lowest BCUT2D eigenvalue weighted by atomic mass is 10.1. The van der Waals surface area contributed by atoms with Gasteiger partial charge in [0, 0.05) is 25.7 Å². The molecule has 1 aliphatic rings. The molecule has 5 heteroatoms. The minimum absolute atomic E-state index is 0.0774. The molecular formula is C11H21N3O2. The molecular weight excluding hydrogens is 206 g/mol. The molecule has 1 saturated heterocycles. The first kappa shape index (κ1) is 13.1. The first-order valence-electron chi connectivity index (χ1n) is 5.60. The van der Waals surface area contributed by atoms with Crippen LogP contribution in [-0.4, -0.2) is 48.4 Å². The zero-order valence-electron chi connectivity index (χ0n) is 10.5. The smallest absolute Gasteiger partial charge is 0.246 e. The van der Waals surface area contributed by atoms with Gasteiger partial charge in [-0.05, 0) is 20.8 Å². The molecule has 2 amide bonds. The van der Waals surface area contributed by atoms with Crippen LogP contribution < -0.4 is 10.6 Å². The molecule has 1 atom stereocenters. The lowest BCUT2D eigenvalue weighted by Crippen LogP contribution is -2.44. The van der Waals surface area contributed by atoms with E-state index in [1.54, 1.807) is 0 Å². The van der Waals surface area contributed by atoms with E-state index in [0.717, 1.165) is 6.54 Å². The summed E-state index contributed by atoms with van der Waals surface area (Å²) in [6.07, 6.45) is 0.283. The summed E-state index contributed by atoms with van der Waals surface area (Å²) in [7, 11) is 1.53. The quantitative estimate of drug-likeness (QED) is 0.512. The Morgan fingerprint density at radius 1 is 1.31 bits per heavy atom. The van der Waals surface area contributed by atoms with Gasteiger partial charge in [0.05, 0.1) is 12.5 Å². The Hall–Kier alpha value is -0.940. The van der Waals surface area contributed by atoms with Crippen LogP contribution in [0.1, 0.15) is 27.2 Å². The zero-order chi connectivity index (χ0) is 12.3. The molecule has 5 nitrogen and oxygen atoms in total.